The van der Waals surface area contributed by atoms with Gasteiger partial charge in [-0.05, 0) is 32.4 Å². The monoisotopic (exact) mass is 374 g/mol. The fraction of sp³-hybridized carbons (Fsp3) is 0.263. The Bertz CT molecular complexity index is 990. The first-order valence-corrected chi connectivity index (χ1v) is 8.03. The summed E-state index contributed by atoms with van der Waals surface area (Å²) in [6.07, 6.45) is 0. The van der Waals surface area contributed by atoms with E-state index in [-0.39, 0.29) is 33.9 Å². The van der Waals surface area contributed by atoms with Crippen molar-refractivity contribution in [3.05, 3.63) is 39.4 Å². The van der Waals surface area contributed by atoms with Gasteiger partial charge in [0.2, 0.25) is 0 Å². The Hall–Kier alpha value is -3.26. The Labute approximate surface area is 154 Å². The highest BCUT2D eigenvalue weighted by molar-refractivity contribution is 6.00. The lowest BCUT2D eigenvalue weighted by Crippen LogP contribution is -2.12. The van der Waals surface area contributed by atoms with Gasteiger partial charge < -0.3 is 29.5 Å². The number of carbonyl (C=O) groups is 2. The van der Waals surface area contributed by atoms with Crippen LogP contribution in [0, 0.1) is 20.8 Å². The topological polar surface area (TPSA) is 123 Å². The second-order valence-electron chi connectivity index (χ2n) is 6.17. The van der Waals surface area contributed by atoms with Crippen molar-refractivity contribution >= 4 is 11.9 Å². The third kappa shape index (κ3) is 2.65. The maximum atomic E-state index is 12.7. The van der Waals surface area contributed by atoms with Crippen LogP contribution in [0.25, 0.3) is 0 Å². The van der Waals surface area contributed by atoms with Crippen LogP contribution in [-0.2, 0) is 6.61 Å². The quantitative estimate of drug-likeness (QED) is 0.554. The Morgan fingerprint density at radius 2 is 1.78 bits per heavy atom. The van der Waals surface area contributed by atoms with Crippen LogP contribution in [0.5, 0.6) is 28.7 Å². The molecule has 8 nitrogen and oxygen atoms in total. The summed E-state index contributed by atoms with van der Waals surface area (Å²) < 4.78 is 16.6. The fourth-order valence-corrected chi connectivity index (χ4v) is 3.19. The Balaban J connectivity index is 2.40. The van der Waals surface area contributed by atoms with Gasteiger partial charge in [-0.2, -0.15) is 0 Å². The number of hydrogen-bond acceptors (Lipinski definition) is 7. The number of aryl methyl sites for hydroxylation is 1. The molecule has 0 saturated heterocycles. The number of fused-ring (bicyclic) bond motifs is 2. The standard InChI is InChI=1S/C19H18O8/c1-7-5-11(25-4)8(2)15-12(7)19(24)27-17-10(6-20)14(21)13(18(22)23)9(3)16(17)26-15/h5,20-21H,6H2,1-4H3,(H,22,23). The number of hydrogen-bond donors (Lipinski definition) is 3. The Kier molecular flexibility index (Phi) is 4.44. The molecular formula is C19H18O8. The molecule has 142 valence electrons. The number of ether oxygens (including phenoxy) is 3. The first kappa shape index (κ1) is 18.5. The van der Waals surface area contributed by atoms with Crippen molar-refractivity contribution in [1.82, 2.24) is 0 Å². The minimum absolute atomic E-state index is 0.0582. The van der Waals surface area contributed by atoms with Crippen molar-refractivity contribution in [2.75, 3.05) is 7.11 Å². The summed E-state index contributed by atoms with van der Waals surface area (Å²) in [4.78, 5) is 24.3. The number of carbonyl (C=O) groups excluding carboxylic acids is 1. The van der Waals surface area contributed by atoms with Gasteiger partial charge in [-0.3, -0.25) is 0 Å². The number of aliphatic hydroxyl groups is 1. The maximum Gasteiger partial charge on any atom is 0.347 e. The van der Waals surface area contributed by atoms with Crippen LogP contribution in [0.1, 0.15) is 43.0 Å². The molecule has 2 aromatic rings. The van der Waals surface area contributed by atoms with E-state index in [4.69, 9.17) is 14.2 Å². The molecule has 0 spiro atoms. The normalized spacial score (nSPS) is 12.4. The molecular weight excluding hydrogens is 356 g/mol. The lowest BCUT2D eigenvalue weighted by molar-refractivity contribution is 0.0691. The number of carboxylic acids is 1. The molecule has 1 aliphatic heterocycles. The van der Waals surface area contributed by atoms with E-state index in [0.717, 1.165) is 0 Å². The first-order chi connectivity index (χ1) is 12.7. The molecule has 1 aliphatic rings. The smallest absolute Gasteiger partial charge is 0.347 e. The summed E-state index contributed by atoms with van der Waals surface area (Å²) in [5.41, 5.74) is 0.608. The van der Waals surface area contributed by atoms with Crippen molar-refractivity contribution in [3.63, 3.8) is 0 Å². The number of esters is 1. The third-order valence-electron chi connectivity index (χ3n) is 4.59. The minimum Gasteiger partial charge on any atom is -0.507 e. The van der Waals surface area contributed by atoms with E-state index in [1.807, 2.05) is 0 Å². The van der Waals surface area contributed by atoms with Gasteiger partial charge in [0.05, 0.1) is 19.3 Å². The van der Waals surface area contributed by atoms with Crippen molar-refractivity contribution in [2.45, 2.75) is 27.4 Å². The van der Waals surface area contributed by atoms with E-state index in [9.17, 15) is 24.9 Å². The lowest BCUT2D eigenvalue weighted by Gasteiger charge is -2.18. The van der Waals surface area contributed by atoms with Crippen LogP contribution >= 0.6 is 0 Å². The summed E-state index contributed by atoms with van der Waals surface area (Å²) in [5, 5.41) is 29.4. The number of benzene rings is 2. The van der Waals surface area contributed by atoms with Gasteiger partial charge in [-0.25, -0.2) is 9.59 Å². The van der Waals surface area contributed by atoms with Crippen molar-refractivity contribution in [2.24, 2.45) is 0 Å². The first-order valence-electron chi connectivity index (χ1n) is 8.03. The van der Waals surface area contributed by atoms with Crippen molar-refractivity contribution in [1.29, 1.82) is 0 Å². The summed E-state index contributed by atoms with van der Waals surface area (Å²) >= 11 is 0. The number of aromatic carboxylic acids is 1. The number of rotatable bonds is 3. The van der Waals surface area contributed by atoms with Gasteiger partial charge in [-0.1, -0.05) is 0 Å². The SMILES string of the molecule is COc1cc(C)c2c(c1C)Oc1c(C)c(C(=O)O)c(O)c(CO)c1OC2=O. The predicted octanol–water partition coefficient (Wildman–Crippen LogP) is 2.84. The van der Waals surface area contributed by atoms with E-state index in [1.165, 1.54) is 14.0 Å². The van der Waals surface area contributed by atoms with Crippen molar-refractivity contribution < 1.29 is 39.1 Å². The molecule has 0 saturated carbocycles. The molecule has 1 heterocycles. The van der Waals surface area contributed by atoms with Gasteiger partial charge in [0.15, 0.2) is 11.5 Å². The molecule has 2 aromatic carbocycles. The maximum absolute atomic E-state index is 12.7. The van der Waals surface area contributed by atoms with E-state index in [0.29, 0.717) is 16.9 Å². The molecule has 0 unspecified atom stereocenters. The van der Waals surface area contributed by atoms with Gasteiger partial charge >= 0.3 is 11.9 Å². The van der Waals surface area contributed by atoms with Gasteiger partial charge in [-0.15, -0.1) is 0 Å². The molecule has 3 rings (SSSR count). The van der Waals surface area contributed by atoms with Gasteiger partial charge in [0.25, 0.3) is 0 Å². The van der Waals surface area contributed by atoms with Crippen LogP contribution in [0.15, 0.2) is 6.07 Å². The van der Waals surface area contributed by atoms with E-state index in [1.54, 1.807) is 19.9 Å². The molecule has 27 heavy (non-hydrogen) atoms. The lowest BCUT2D eigenvalue weighted by atomic mass is 10.0. The minimum atomic E-state index is -1.40. The van der Waals surface area contributed by atoms with E-state index >= 15 is 0 Å². The highest BCUT2D eigenvalue weighted by Gasteiger charge is 2.34. The molecule has 0 radical (unpaired) electrons. The van der Waals surface area contributed by atoms with Gasteiger partial charge in [0.1, 0.15) is 28.4 Å². The van der Waals surface area contributed by atoms with E-state index < -0.39 is 29.9 Å². The molecule has 8 heteroatoms. The number of phenols is 1. The largest absolute Gasteiger partial charge is 0.507 e. The third-order valence-corrected chi connectivity index (χ3v) is 4.59. The summed E-state index contributed by atoms with van der Waals surface area (Å²) in [6, 6.07) is 1.66. The summed E-state index contributed by atoms with van der Waals surface area (Å²) in [5.74, 6) is -2.43. The molecule has 0 fully saturated rings. The van der Waals surface area contributed by atoms with Crippen LogP contribution < -0.4 is 14.2 Å². The second-order valence-corrected chi connectivity index (χ2v) is 6.17. The fourth-order valence-electron chi connectivity index (χ4n) is 3.19. The Morgan fingerprint density at radius 1 is 1.11 bits per heavy atom. The van der Waals surface area contributed by atoms with Crippen LogP contribution in [-0.4, -0.2) is 34.4 Å². The van der Waals surface area contributed by atoms with Crippen LogP contribution in [0.3, 0.4) is 0 Å². The molecule has 0 bridgehead atoms. The average molecular weight is 374 g/mol. The van der Waals surface area contributed by atoms with Gasteiger partial charge in [0, 0.05) is 11.1 Å². The number of aliphatic hydroxyl groups excluding tert-OH is 1. The predicted molar refractivity (Wildman–Crippen MR) is 93.2 cm³/mol. The van der Waals surface area contributed by atoms with Crippen molar-refractivity contribution in [3.8, 4) is 28.7 Å². The van der Waals surface area contributed by atoms with Crippen LogP contribution in [0.2, 0.25) is 0 Å². The second kappa shape index (κ2) is 6.48. The molecule has 0 aliphatic carbocycles. The molecule has 0 atom stereocenters. The zero-order chi connectivity index (χ0) is 20.0. The molecule has 3 N–H and O–H groups in total. The average Bonchev–Trinajstić information content (AvgIpc) is 2.75. The number of methoxy groups -OCH3 is 1. The molecule has 0 aromatic heterocycles. The Morgan fingerprint density at radius 3 is 2.33 bits per heavy atom. The highest BCUT2D eigenvalue weighted by Crippen LogP contribution is 2.50. The molecule has 0 amide bonds. The zero-order valence-electron chi connectivity index (χ0n) is 15.2. The number of carboxylic acid groups (broad SMARTS) is 1. The summed E-state index contributed by atoms with van der Waals surface area (Å²) in [7, 11) is 1.48. The zero-order valence-corrected chi connectivity index (χ0v) is 15.2. The van der Waals surface area contributed by atoms with E-state index in [2.05, 4.69) is 0 Å². The number of aromatic hydroxyl groups is 1. The summed E-state index contributed by atoms with van der Waals surface area (Å²) in [6.45, 7) is 4.05. The van der Waals surface area contributed by atoms with Crippen LogP contribution in [0.4, 0.5) is 0 Å². The highest BCUT2D eigenvalue weighted by atomic mass is 16.6.